The van der Waals surface area contributed by atoms with Gasteiger partial charge in [-0.25, -0.2) is 8.42 Å². The number of benzene rings is 2. The van der Waals surface area contributed by atoms with Crippen LogP contribution in [0.15, 0.2) is 41.3 Å². The Bertz CT molecular complexity index is 876. The van der Waals surface area contributed by atoms with Gasteiger partial charge in [-0.1, -0.05) is 6.07 Å². The van der Waals surface area contributed by atoms with Gasteiger partial charge < -0.3 is 10.1 Å². The van der Waals surface area contributed by atoms with Crippen molar-refractivity contribution in [2.45, 2.75) is 25.7 Å². The Morgan fingerprint density at radius 2 is 1.75 bits per heavy atom. The quantitative estimate of drug-likeness (QED) is 0.870. The molecule has 0 aliphatic heterocycles. The molecule has 0 aliphatic rings. The van der Waals surface area contributed by atoms with E-state index < -0.39 is 10.0 Å². The molecule has 2 N–H and O–H groups in total. The van der Waals surface area contributed by atoms with Gasteiger partial charge in [-0.15, -0.1) is 0 Å². The van der Waals surface area contributed by atoms with Gasteiger partial charge in [-0.2, -0.15) is 0 Å². The Hall–Kier alpha value is -2.54. The van der Waals surface area contributed by atoms with Gasteiger partial charge in [0.2, 0.25) is 5.91 Å². The Morgan fingerprint density at radius 1 is 1.08 bits per heavy atom. The molecular formula is C17H20N2O4S. The summed E-state index contributed by atoms with van der Waals surface area (Å²) >= 11 is 0. The predicted octanol–water partition coefficient (Wildman–Crippen LogP) is 3.07. The summed E-state index contributed by atoms with van der Waals surface area (Å²) in [5.41, 5.74) is 2.20. The summed E-state index contributed by atoms with van der Waals surface area (Å²) in [7, 11) is -2.23. The molecule has 0 aliphatic carbocycles. The third kappa shape index (κ3) is 3.86. The predicted molar refractivity (Wildman–Crippen MR) is 94.0 cm³/mol. The molecule has 24 heavy (non-hydrogen) atoms. The molecule has 128 valence electrons. The first-order valence-corrected chi connectivity index (χ1v) is 8.77. The molecule has 0 fully saturated rings. The van der Waals surface area contributed by atoms with Crippen molar-refractivity contribution >= 4 is 27.3 Å². The number of anilines is 2. The highest BCUT2D eigenvalue weighted by atomic mass is 32.2. The van der Waals surface area contributed by atoms with E-state index >= 15 is 0 Å². The molecule has 0 saturated heterocycles. The van der Waals surface area contributed by atoms with Gasteiger partial charge in [-0.3, -0.25) is 9.52 Å². The molecule has 0 bridgehead atoms. The summed E-state index contributed by atoms with van der Waals surface area (Å²) in [6.07, 6.45) is 0. The van der Waals surface area contributed by atoms with Crippen LogP contribution in [0.4, 0.5) is 11.4 Å². The fourth-order valence-electron chi connectivity index (χ4n) is 2.32. The van der Waals surface area contributed by atoms with Gasteiger partial charge in [0.25, 0.3) is 10.0 Å². The molecule has 2 rings (SSSR count). The summed E-state index contributed by atoms with van der Waals surface area (Å²) in [5.74, 6) is 0.374. The van der Waals surface area contributed by atoms with Crippen LogP contribution in [0, 0.1) is 13.8 Å². The second-order valence-corrected chi connectivity index (χ2v) is 7.05. The van der Waals surface area contributed by atoms with E-state index in [1.54, 1.807) is 44.2 Å². The maximum absolute atomic E-state index is 12.7. The maximum atomic E-state index is 12.7. The van der Waals surface area contributed by atoms with E-state index in [2.05, 4.69) is 10.0 Å². The molecule has 0 atom stereocenters. The van der Waals surface area contributed by atoms with E-state index in [1.165, 1.54) is 20.1 Å². The molecular weight excluding hydrogens is 328 g/mol. The van der Waals surface area contributed by atoms with Crippen LogP contribution in [-0.4, -0.2) is 21.4 Å². The Balaban J connectivity index is 2.38. The molecule has 2 aromatic carbocycles. The Kier molecular flexibility index (Phi) is 5.14. The zero-order chi connectivity index (χ0) is 17.9. The minimum absolute atomic E-state index is 0.174. The van der Waals surface area contributed by atoms with Crippen molar-refractivity contribution in [2.24, 2.45) is 0 Å². The van der Waals surface area contributed by atoms with Crippen molar-refractivity contribution in [3.63, 3.8) is 0 Å². The van der Waals surface area contributed by atoms with Gasteiger partial charge in [0.05, 0.1) is 17.7 Å². The van der Waals surface area contributed by atoms with E-state index in [9.17, 15) is 13.2 Å². The lowest BCUT2D eigenvalue weighted by Gasteiger charge is -2.15. The first-order chi connectivity index (χ1) is 11.2. The summed E-state index contributed by atoms with van der Waals surface area (Å²) < 4.78 is 33.0. The molecule has 1 amide bonds. The fourth-order valence-corrected chi connectivity index (χ4v) is 3.67. The van der Waals surface area contributed by atoms with E-state index in [-0.39, 0.29) is 10.8 Å². The highest BCUT2D eigenvalue weighted by Crippen LogP contribution is 2.27. The standard InChI is InChI=1S/C17H20N2O4S/c1-11-10-14(23-4)8-9-17(11)24(21,22)19-16-7-5-6-15(12(16)2)18-13(3)20/h5-10,19H,1-4H3,(H,18,20). The van der Waals surface area contributed by atoms with Crippen LogP contribution >= 0.6 is 0 Å². The highest BCUT2D eigenvalue weighted by molar-refractivity contribution is 7.92. The second-order valence-electron chi connectivity index (χ2n) is 5.40. The van der Waals surface area contributed by atoms with E-state index in [0.717, 1.165) is 0 Å². The summed E-state index contributed by atoms with van der Waals surface area (Å²) in [5, 5.41) is 2.68. The van der Waals surface area contributed by atoms with Crippen LogP contribution in [0.3, 0.4) is 0 Å². The zero-order valence-electron chi connectivity index (χ0n) is 14.0. The third-order valence-corrected chi connectivity index (χ3v) is 5.09. The molecule has 0 aromatic heterocycles. The van der Waals surface area contributed by atoms with Gasteiger partial charge >= 0.3 is 0 Å². The smallest absolute Gasteiger partial charge is 0.262 e. The van der Waals surface area contributed by atoms with Gasteiger partial charge in [-0.05, 0) is 55.3 Å². The van der Waals surface area contributed by atoms with Crippen molar-refractivity contribution in [1.29, 1.82) is 0 Å². The van der Waals surface area contributed by atoms with Crippen LogP contribution in [0.1, 0.15) is 18.1 Å². The maximum Gasteiger partial charge on any atom is 0.262 e. The largest absolute Gasteiger partial charge is 0.497 e. The van der Waals surface area contributed by atoms with Crippen LogP contribution in [0.5, 0.6) is 5.75 Å². The Morgan fingerprint density at radius 3 is 2.33 bits per heavy atom. The van der Waals surface area contributed by atoms with Crippen LogP contribution in [0.25, 0.3) is 0 Å². The molecule has 2 aromatic rings. The summed E-state index contributed by atoms with van der Waals surface area (Å²) in [4.78, 5) is 11.4. The molecule has 0 saturated carbocycles. The number of nitrogens with one attached hydrogen (secondary N) is 2. The number of amides is 1. The molecule has 0 heterocycles. The number of sulfonamides is 1. The number of hydrogen-bond donors (Lipinski definition) is 2. The van der Waals surface area contributed by atoms with E-state index in [1.807, 2.05) is 0 Å². The minimum Gasteiger partial charge on any atom is -0.497 e. The molecule has 7 heteroatoms. The summed E-state index contributed by atoms with van der Waals surface area (Å²) in [6, 6.07) is 9.81. The first-order valence-electron chi connectivity index (χ1n) is 7.29. The SMILES string of the molecule is COc1ccc(S(=O)(=O)Nc2cccc(NC(C)=O)c2C)c(C)c1. The number of rotatable bonds is 5. The minimum atomic E-state index is -3.75. The third-order valence-electron chi connectivity index (χ3n) is 3.56. The van der Waals surface area contributed by atoms with Crippen molar-refractivity contribution < 1.29 is 17.9 Å². The molecule has 0 unspecified atom stereocenters. The molecule has 0 spiro atoms. The van der Waals surface area contributed by atoms with Crippen molar-refractivity contribution in [1.82, 2.24) is 0 Å². The van der Waals surface area contributed by atoms with Gasteiger partial charge in [0, 0.05) is 12.6 Å². The monoisotopic (exact) mass is 348 g/mol. The Labute approximate surface area is 141 Å². The average molecular weight is 348 g/mol. The zero-order valence-corrected chi connectivity index (χ0v) is 14.8. The average Bonchev–Trinajstić information content (AvgIpc) is 2.50. The van der Waals surface area contributed by atoms with Crippen molar-refractivity contribution in [3.05, 3.63) is 47.5 Å². The van der Waals surface area contributed by atoms with Gasteiger partial charge in [0.1, 0.15) is 5.75 Å². The second kappa shape index (κ2) is 6.92. The van der Waals surface area contributed by atoms with E-state index in [4.69, 9.17) is 4.74 Å². The number of carbonyl (C=O) groups is 1. The first kappa shape index (κ1) is 17.8. The highest BCUT2D eigenvalue weighted by Gasteiger charge is 2.19. The number of carbonyl (C=O) groups excluding carboxylic acids is 1. The number of methoxy groups -OCH3 is 1. The van der Waals surface area contributed by atoms with Crippen molar-refractivity contribution in [3.8, 4) is 5.75 Å². The lowest BCUT2D eigenvalue weighted by molar-refractivity contribution is -0.114. The van der Waals surface area contributed by atoms with Crippen molar-refractivity contribution in [2.75, 3.05) is 17.1 Å². The van der Waals surface area contributed by atoms with Crippen LogP contribution in [-0.2, 0) is 14.8 Å². The normalized spacial score (nSPS) is 11.0. The fraction of sp³-hybridized carbons (Fsp3) is 0.235. The molecule has 0 radical (unpaired) electrons. The molecule has 6 nitrogen and oxygen atoms in total. The van der Waals surface area contributed by atoms with Crippen LogP contribution in [0.2, 0.25) is 0 Å². The number of hydrogen-bond acceptors (Lipinski definition) is 4. The lowest BCUT2D eigenvalue weighted by Crippen LogP contribution is -2.16. The van der Waals surface area contributed by atoms with Gasteiger partial charge in [0.15, 0.2) is 0 Å². The number of ether oxygens (including phenoxy) is 1. The van der Waals surface area contributed by atoms with E-state index in [0.29, 0.717) is 28.3 Å². The number of aryl methyl sites for hydroxylation is 1. The van der Waals surface area contributed by atoms with Crippen LogP contribution < -0.4 is 14.8 Å². The lowest BCUT2D eigenvalue weighted by atomic mass is 10.1. The summed E-state index contributed by atoms with van der Waals surface area (Å²) in [6.45, 7) is 4.85. The topological polar surface area (TPSA) is 84.5 Å².